The van der Waals surface area contributed by atoms with E-state index in [-0.39, 0.29) is 4.87 Å². The predicted octanol–water partition coefficient (Wildman–Crippen LogP) is 4.97. The van der Waals surface area contributed by atoms with Gasteiger partial charge in [0.05, 0.1) is 8.07 Å². The summed E-state index contributed by atoms with van der Waals surface area (Å²) in [4.78, 5) is -0.0639. The van der Waals surface area contributed by atoms with E-state index in [1.54, 1.807) is 5.20 Å². The maximum absolute atomic E-state index is 6.49. The second kappa shape index (κ2) is 4.81. The molecule has 0 aromatic heterocycles. The lowest BCUT2D eigenvalue weighted by Gasteiger charge is -2.25. The summed E-state index contributed by atoms with van der Waals surface area (Å²) in [7, 11) is -1.20. The molecule has 88 valence electrons. The lowest BCUT2D eigenvalue weighted by molar-refractivity contribution is 0.563. The number of halogens is 2. The number of alkyl halides is 2. The summed E-state index contributed by atoms with van der Waals surface area (Å²) >= 11 is 12.6. The highest BCUT2D eigenvalue weighted by Gasteiger charge is 2.31. The van der Waals surface area contributed by atoms with E-state index in [0.29, 0.717) is 5.88 Å². The molecule has 0 amide bonds. The van der Waals surface area contributed by atoms with Gasteiger partial charge >= 0.3 is 0 Å². The van der Waals surface area contributed by atoms with Crippen LogP contribution in [0.4, 0.5) is 0 Å². The van der Waals surface area contributed by atoms with E-state index in [1.807, 2.05) is 0 Å². The standard InChI is InChI=1S/C12H22Cl2Si/c1-12(14)7-5-6-11(15(2,3)4)10(8-12)9-13/h5-9H2,1-4H3. The third-order valence-corrected chi connectivity index (χ3v) is 6.26. The van der Waals surface area contributed by atoms with Gasteiger partial charge in [-0.25, -0.2) is 0 Å². The van der Waals surface area contributed by atoms with Gasteiger partial charge in [-0.05, 0) is 32.6 Å². The van der Waals surface area contributed by atoms with Crippen molar-refractivity contribution in [3.05, 3.63) is 10.8 Å². The fourth-order valence-electron chi connectivity index (χ4n) is 2.48. The number of allylic oxidation sites excluding steroid dienone is 2. The van der Waals surface area contributed by atoms with Crippen molar-refractivity contribution in [3.8, 4) is 0 Å². The van der Waals surface area contributed by atoms with Gasteiger partial charge < -0.3 is 0 Å². The van der Waals surface area contributed by atoms with E-state index in [4.69, 9.17) is 23.2 Å². The Morgan fingerprint density at radius 1 is 1.33 bits per heavy atom. The third-order valence-electron chi connectivity index (χ3n) is 3.20. The minimum absolute atomic E-state index is 0.0639. The van der Waals surface area contributed by atoms with Gasteiger partial charge in [0, 0.05) is 10.8 Å². The topological polar surface area (TPSA) is 0 Å². The van der Waals surface area contributed by atoms with Crippen molar-refractivity contribution < 1.29 is 0 Å². The monoisotopic (exact) mass is 264 g/mol. The van der Waals surface area contributed by atoms with Crippen molar-refractivity contribution in [3.63, 3.8) is 0 Å². The van der Waals surface area contributed by atoms with Crippen LogP contribution in [-0.2, 0) is 0 Å². The van der Waals surface area contributed by atoms with Gasteiger partial charge in [-0.15, -0.1) is 23.2 Å². The van der Waals surface area contributed by atoms with Crippen molar-refractivity contribution in [1.82, 2.24) is 0 Å². The third kappa shape index (κ3) is 3.79. The average Bonchev–Trinajstić information content (AvgIpc) is 2.21. The summed E-state index contributed by atoms with van der Waals surface area (Å²) in [6, 6.07) is 0. The van der Waals surface area contributed by atoms with Crippen LogP contribution in [0.3, 0.4) is 0 Å². The number of hydrogen-bond acceptors (Lipinski definition) is 0. The zero-order chi connectivity index (χ0) is 11.7. The highest BCUT2D eigenvalue weighted by molar-refractivity contribution is 6.83. The first kappa shape index (κ1) is 13.6. The SMILES string of the molecule is CC1(Cl)CCCC([Si](C)(C)C)=C(CCl)C1. The Balaban J connectivity index is 3.02. The molecule has 1 aliphatic carbocycles. The number of rotatable bonds is 2. The predicted molar refractivity (Wildman–Crippen MR) is 73.8 cm³/mol. The zero-order valence-electron chi connectivity index (χ0n) is 10.3. The van der Waals surface area contributed by atoms with Crippen LogP contribution in [0, 0.1) is 0 Å². The second-order valence-electron chi connectivity index (χ2n) is 5.91. The fraction of sp³-hybridized carbons (Fsp3) is 0.833. The fourth-order valence-corrected chi connectivity index (χ4v) is 5.31. The molecule has 0 saturated heterocycles. The molecule has 0 aromatic carbocycles. The van der Waals surface area contributed by atoms with Crippen LogP contribution in [-0.4, -0.2) is 18.8 Å². The first-order valence-corrected chi connectivity index (χ1v) is 10.1. The second-order valence-corrected chi connectivity index (χ2v) is 12.2. The van der Waals surface area contributed by atoms with Crippen molar-refractivity contribution in [2.45, 2.75) is 57.1 Å². The van der Waals surface area contributed by atoms with E-state index in [0.717, 1.165) is 12.8 Å². The van der Waals surface area contributed by atoms with Gasteiger partial charge in [-0.1, -0.05) is 30.4 Å². The minimum Gasteiger partial charge on any atom is -0.122 e. The van der Waals surface area contributed by atoms with Crippen LogP contribution in [0.2, 0.25) is 19.6 Å². The summed E-state index contributed by atoms with van der Waals surface area (Å²) in [5, 5.41) is 1.67. The smallest absolute Gasteiger partial charge is 0.0724 e. The molecule has 1 aliphatic rings. The van der Waals surface area contributed by atoms with Gasteiger partial charge in [0.2, 0.25) is 0 Å². The Labute approximate surface area is 105 Å². The largest absolute Gasteiger partial charge is 0.122 e. The van der Waals surface area contributed by atoms with Crippen LogP contribution < -0.4 is 0 Å². The summed E-state index contributed by atoms with van der Waals surface area (Å²) < 4.78 is 0. The molecule has 0 bridgehead atoms. The summed E-state index contributed by atoms with van der Waals surface area (Å²) in [5.41, 5.74) is 1.44. The molecule has 1 unspecified atom stereocenters. The van der Waals surface area contributed by atoms with E-state index >= 15 is 0 Å². The van der Waals surface area contributed by atoms with Gasteiger partial charge in [0.1, 0.15) is 0 Å². The van der Waals surface area contributed by atoms with Gasteiger partial charge in [0.15, 0.2) is 0 Å². The molecule has 1 rings (SSSR count). The van der Waals surface area contributed by atoms with Gasteiger partial charge in [-0.3, -0.25) is 0 Å². The van der Waals surface area contributed by atoms with Crippen molar-refractivity contribution in [2.24, 2.45) is 0 Å². The first-order chi connectivity index (χ1) is 6.76. The van der Waals surface area contributed by atoms with E-state index in [9.17, 15) is 0 Å². The van der Waals surface area contributed by atoms with Crippen LogP contribution in [0.25, 0.3) is 0 Å². The Morgan fingerprint density at radius 2 is 1.93 bits per heavy atom. The quantitative estimate of drug-likeness (QED) is 0.488. The molecule has 3 heteroatoms. The normalized spacial score (nSPS) is 29.2. The molecular weight excluding hydrogens is 243 g/mol. The molecule has 0 aliphatic heterocycles. The van der Waals surface area contributed by atoms with Gasteiger partial charge in [0.25, 0.3) is 0 Å². The molecule has 15 heavy (non-hydrogen) atoms. The Bertz CT molecular complexity index is 261. The van der Waals surface area contributed by atoms with E-state index in [2.05, 4.69) is 26.6 Å². The highest BCUT2D eigenvalue weighted by Crippen LogP contribution is 2.38. The maximum Gasteiger partial charge on any atom is 0.0724 e. The summed E-state index contributed by atoms with van der Waals surface area (Å²) in [5.74, 6) is 0.669. The van der Waals surface area contributed by atoms with Crippen LogP contribution in [0.15, 0.2) is 10.8 Å². The Morgan fingerprint density at radius 3 is 2.40 bits per heavy atom. The molecule has 1 atom stereocenters. The molecule has 0 radical (unpaired) electrons. The van der Waals surface area contributed by atoms with E-state index < -0.39 is 8.07 Å². The molecule has 0 nitrogen and oxygen atoms in total. The molecule has 0 N–H and O–H groups in total. The first-order valence-electron chi connectivity index (χ1n) is 5.72. The van der Waals surface area contributed by atoms with E-state index in [1.165, 1.54) is 18.4 Å². The molecule has 0 aromatic rings. The molecule has 0 saturated carbocycles. The molecule has 0 fully saturated rings. The van der Waals surface area contributed by atoms with Crippen LogP contribution in [0.5, 0.6) is 0 Å². The highest BCUT2D eigenvalue weighted by atomic mass is 35.5. The van der Waals surface area contributed by atoms with Crippen molar-refractivity contribution in [1.29, 1.82) is 0 Å². The Kier molecular flexibility index (Phi) is 4.36. The lowest BCUT2D eigenvalue weighted by Crippen LogP contribution is -2.26. The molecule has 0 heterocycles. The van der Waals surface area contributed by atoms with Crippen LogP contribution in [0.1, 0.15) is 32.6 Å². The lowest BCUT2D eigenvalue weighted by atomic mass is 9.99. The summed E-state index contributed by atoms with van der Waals surface area (Å²) in [6.45, 7) is 9.37. The van der Waals surface area contributed by atoms with Crippen molar-refractivity contribution >= 4 is 31.3 Å². The summed E-state index contributed by atoms with van der Waals surface area (Å²) in [6.07, 6.45) is 4.54. The Hall–Kier alpha value is 0.537. The minimum atomic E-state index is -1.20. The average molecular weight is 265 g/mol. The molecule has 0 spiro atoms. The van der Waals surface area contributed by atoms with Crippen molar-refractivity contribution in [2.75, 3.05) is 5.88 Å². The maximum atomic E-state index is 6.49. The van der Waals surface area contributed by atoms with Crippen LogP contribution >= 0.6 is 23.2 Å². The van der Waals surface area contributed by atoms with Gasteiger partial charge in [-0.2, -0.15) is 0 Å². The number of hydrogen-bond donors (Lipinski definition) is 0. The molecular formula is C12H22Cl2Si. The zero-order valence-corrected chi connectivity index (χ0v) is 12.8.